The maximum Gasteiger partial charge on any atom is 0.123 e. The third-order valence-corrected chi connectivity index (χ3v) is 6.02. The fourth-order valence-electron chi connectivity index (χ4n) is 4.57. The van der Waals surface area contributed by atoms with Gasteiger partial charge in [0, 0.05) is 17.7 Å². The first-order valence-electron chi connectivity index (χ1n) is 8.62. The second-order valence-electron chi connectivity index (χ2n) is 7.50. The Kier molecular flexibility index (Phi) is 2.69. The predicted octanol–water partition coefficient (Wildman–Crippen LogP) is 5.35. The molecule has 2 heterocycles. The van der Waals surface area contributed by atoms with Crippen molar-refractivity contribution >= 4 is 5.57 Å². The van der Waals surface area contributed by atoms with Crippen molar-refractivity contribution in [2.45, 2.75) is 37.8 Å². The largest absolute Gasteiger partial charge is 0.360 e. The van der Waals surface area contributed by atoms with Crippen LogP contribution in [0.4, 0.5) is 4.39 Å². The van der Waals surface area contributed by atoms with Crippen molar-refractivity contribution in [1.29, 1.82) is 0 Å². The molecular formula is C22H20FN. The summed E-state index contributed by atoms with van der Waals surface area (Å²) in [7, 11) is 0. The molecule has 0 N–H and O–H groups in total. The van der Waals surface area contributed by atoms with Crippen LogP contribution in [-0.2, 0) is 0 Å². The molecule has 1 aliphatic carbocycles. The Morgan fingerprint density at radius 2 is 1.92 bits per heavy atom. The van der Waals surface area contributed by atoms with E-state index < -0.39 is 0 Å². The molecular weight excluding hydrogens is 297 g/mol. The monoisotopic (exact) mass is 317 g/mol. The predicted molar refractivity (Wildman–Crippen MR) is 95.0 cm³/mol. The molecule has 24 heavy (non-hydrogen) atoms. The maximum absolute atomic E-state index is 13.4. The zero-order chi connectivity index (χ0) is 16.5. The van der Waals surface area contributed by atoms with Crippen LogP contribution >= 0.6 is 0 Å². The molecule has 0 spiro atoms. The van der Waals surface area contributed by atoms with Crippen LogP contribution in [-0.4, -0.2) is 10.4 Å². The topological polar surface area (TPSA) is 3.24 Å². The molecule has 1 nitrogen and oxygen atoms in total. The van der Waals surface area contributed by atoms with Gasteiger partial charge in [-0.25, -0.2) is 4.39 Å². The van der Waals surface area contributed by atoms with E-state index in [0.717, 1.165) is 11.1 Å². The van der Waals surface area contributed by atoms with Gasteiger partial charge in [0.2, 0.25) is 0 Å². The average molecular weight is 317 g/mol. The van der Waals surface area contributed by atoms with Crippen LogP contribution in [0.5, 0.6) is 0 Å². The van der Waals surface area contributed by atoms with Crippen LogP contribution in [0.1, 0.15) is 47.6 Å². The lowest BCUT2D eigenvalue weighted by Crippen LogP contribution is -2.39. The van der Waals surface area contributed by atoms with E-state index >= 15 is 0 Å². The normalized spacial score (nSPS) is 29.5. The lowest BCUT2D eigenvalue weighted by atomic mass is 9.86. The summed E-state index contributed by atoms with van der Waals surface area (Å²) in [5.74, 6) is 0.457. The minimum Gasteiger partial charge on any atom is -0.360 e. The van der Waals surface area contributed by atoms with Gasteiger partial charge in [-0.05, 0) is 60.2 Å². The van der Waals surface area contributed by atoms with Crippen molar-refractivity contribution in [3.05, 3.63) is 88.9 Å². The molecule has 2 heteroatoms. The molecule has 0 saturated heterocycles. The zero-order valence-electron chi connectivity index (χ0n) is 14.0. The van der Waals surface area contributed by atoms with Crippen LogP contribution in [0.3, 0.4) is 0 Å². The number of rotatable bonds is 1. The Morgan fingerprint density at radius 3 is 2.71 bits per heavy atom. The smallest absolute Gasteiger partial charge is 0.123 e. The van der Waals surface area contributed by atoms with Crippen molar-refractivity contribution in [2.75, 3.05) is 0 Å². The highest BCUT2D eigenvalue weighted by Gasteiger charge is 2.59. The van der Waals surface area contributed by atoms with Crippen molar-refractivity contribution in [1.82, 2.24) is 4.90 Å². The van der Waals surface area contributed by atoms with Crippen LogP contribution in [0, 0.1) is 12.7 Å². The summed E-state index contributed by atoms with van der Waals surface area (Å²) in [6.07, 6.45) is 8.00. The molecule has 3 aliphatic rings. The number of nitrogens with zero attached hydrogens (tertiary/aromatic N) is 1. The summed E-state index contributed by atoms with van der Waals surface area (Å²) in [4.78, 5) is 2.53. The van der Waals surface area contributed by atoms with E-state index in [1.54, 1.807) is 12.1 Å². The van der Waals surface area contributed by atoms with E-state index in [0.29, 0.717) is 12.0 Å². The number of aryl methyl sites for hydroxylation is 1. The van der Waals surface area contributed by atoms with Gasteiger partial charge >= 0.3 is 0 Å². The van der Waals surface area contributed by atoms with E-state index in [4.69, 9.17) is 0 Å². The number of allylic oxidation sites excluding steroid dienone is 2. The molecule has 0 bridgehead atoms. The Morgan fingerprint density at radius 1 is 1.12 bits per heavy atom. The van der Waals surface area contributed by atoms with Crippen molar-refractivity contribution < 1.29 is 4.39 Å². The van der Waals surface area contributed by atoms with Crippen LogP contribution in [0.2, 0.25) is 0 Å². The van der Waals surface area contributed by atoms with Gasteiger partial charge in [-0.1, -0.05) is 42.5 Å². The van der Waals surface area contributed by atoms with Crippen molar-refractivity contribution in [3.8, 4) is 0 Å². The summed E-state index contributed by atoms with van der Waals surface area (Å²) in [5, 5.41) is 0. The number of hydrogen-bond acceptors (Lipinski definition) is 1. The Labute approximate surface area is 142 Å². The van der Waals surface area contributed by atoms with Crippen LogP contribution in [0.25, 0.3) is 5.57 Å². The van der Waals surface area contributed by atoms with Gasteiger partial charge in [0.25, 0.3) is 0 Å². The standard InChI is InChI=1S/C22H20FN/c1-14-11-16(23)8-9-17(14)15-7-10-21-19-6-4-3-5-18(19)20-12-22(20,2)24(21)13-15/h3-11,13,20-21H,12H2,1-2H3. The van der Waals surface area contributed by atoms with Crippen molar-refractivity contribution in [2.24, 2.45) is 0 Å². The average Bonchev–Trinajstić information content (AvgIpc) is 3.28. The first kappa shape index (κ1) is 14.0. The molecule has 120 valence electrons. The van der Waals surface area contributed by atoms with Gasteiger partial charge in [-0.15, -0.1) is 0 Å². The fraction of sp³-hybridized carbons (Fsp3) is 0.273. The third kappa shape index (κ3) is 1.80. The molecule has 1 saturated carbocycles. The molecule has 0 radical (unpaired) electrons. The van der Waals surface area contributed by atoms with E-state index in [2.05, 4.69) is 54.4 Å². The lowest BCUT2D eigenvalue weighted by Gasteiger charge is -2.42. The molecule has 3 atom stereocenters. The minimum absolute atomic E-state index is 0.171. The molecule has 2 aromatic carbocycles. The summed E-state index contributed by atoms with van der Waals surface area (Å²) in [6, 6.07) is 14.2. The first-order valence-corrected chi connectivity index (χ1v) is 8.62. The minimum atomic E-state index is -0.171. The molecule has 0 aromatic heterocycles. The summed E-state index contributed by atoms with van der Waals surface area (Å²) >= 11 is 0. The van der Waals surface area contributed by atoms with E-state index in [1.807, 2.05) is 13.0 Å². The molecule has 3 unspecified atom stereocenters. The molecule has 2 aliphatic heterocycles. The highest BCUT2D eigenvalue weighted by molar-refractivity contribution is 5.77. The van der Waals surface area contributed by atoms with Gasteiger partial charge in [0.1, 0.15) is 5.82 Å². The second kappa shape index (κ2) is 4.60. The SMILES string of the molecule is Cc1cc(F)ccc1C1=CN2C(C=C1)c1ccccc1C1CC12C. The Bertz CT molecular complexity index is 910. The molecule has 2 aromatic rings. The van der Waals surface area contributed by atoms with Crippen LogP contribution < -0.4 is 0 Å². The van der Waals surface area contributed by atoms with E-state index in [-0.39, 0.29) is 11.4 Å². The molecule has 5 rings (SSSR count). The van der Waals surface area contributed by atoms with Gasteiger partial charge in [0.15, 0.2) is 0 Å². The number of benzene rings is 2. The zero-order valence-corrected chi connectivity index (χ0v) is 14.0. The van der Waals surface area contributed by atoms with Gasteiger partial charge in [-0.2, -0.15) is 0 Å². The first-order chi connectivity index (χ1) is 11.6. The molecule has 0 amide bonds. The maximum atomic E-state index is 13.4. The lowest BCUT2D eigenvalue weighted by molar-refractivity contribution is 0.211. The number of hydrogen-bond donors (Lipinski definition) is 0. The summed E-state index contributed by atoms with van der Waals surface area (Å²) in [6.45, 7) is 4.34. The number of halogens is 1. The van der Waals surface area contributed by atoms with Gasteiger partial charge in [-0.3, -0.25) is 0 Å². The third-order valence-electron chi connectivity index (χ3n) is 6.02. The summed E-state index contributed by atoms with van der Waals surface area (Å²) in [5.41, 5.74) is 6.43. The second-order valence-corrected chi connectivity index (χ2v) is 7.50. The van der Waals surface area contributed by atoms with Crippen LogP contribution in [0.15, 0.2) is 60.8 Å². The van der Waals surface area contributed by atoms with Crippen molar-refractivity contribution in [3.63, 3.8) is 0 Å². The molecule has 1 fully saturated rings. The number of fused-ring (bicyclic) bond motifs is 6. The van der Waals surface area contributed by atoms with E-state index in [9.17, 15) is 4.39 Å². The Balaban J connectivity index is 1.61. The fourth-order valence-corrected chi connectivity index (χ4v) is 4.57. The highest BCUT2D eigenvalue weighted by Crippen LogP contribution is 2.63. The van der Waals surface area contributed by atoms with E-state index in [1.165, 1.54) is 23.1 Å². The quantitative estimate of drug-likeness (QED) is 0.685. The Hall–Kier alpha value is -2.35. The van der Waals surface area contributed by atoms with Gasteiger partial charge in [0.05, 0.1) is 6.04 Å². The van der Waals surface area contributed by atoms with Gasteiger partial charge < -0.3 is 4.90 Å². The summed E-state index contributed by atoms with van der Waals surface area (Å²) < 4.78 is 13.4. The highest BCUT2D eigenvalue weighted by atomic mass is 19.1.